The maximum absolute atomic E-state index is 12.3. The molecule has 0 fully saturated rings. The predicted molar refractivity (Wildman–Crippen MR) is 97.5 cm³/mol. The summed E-state index contributed by atoms with van der Waals surface area (Å²) < 4.78 is 6.13. The molecule has 1 N–H and O–H groups in total. The molecular formula is C18H19BrN2O3. The summed E-state index contributed by atoms with van der Waals surface area (Å²) in [4.78, 5) is 25.7. The zero-order chi connectivity index (χ0) is 17.5. The van der Waals surface area contributed by atoms with Crippen molar-refractivity contribution < 1.29 is 14.3 Å². The highest BCUT2D eigenvalue weighted by Gasteiger charge is 2.14. The molecule has 0 saturated heterocycles. The molecule has 2 rings (SSSR count). The molecule has 2 amide bonds. The average Bonchev–Trinajstić information content (AvgIpc) is 2.59. The third-order valence-electron chi connectivity index (χ3n) is 3.49. The van der Waals surface area contributed by atoms with E-state index in [0.29, 0.717) is 24.4 Å². The summed E-state index contributed by atoms with van der Waals surface area (Å²) in [5.74, 6) is 0.210. The SMILES string of the molecule is COc1ccccc1C(=O)NCCN(C(C)=O)c1ccc(Br)cc1. The molecule has 0 heterocycles. The zero-order valence-corrected chi connectivity index (χ0v) is 15.2. The summed E-state index contributed by atoms with van der Waals surface area (Å²) >= 11 is 3.37. The second-order valence-electron chi connectivity index (χ2n) is 5.10. The van der Waals surface area contributed by atoms with E-state index in [9.17, 15) is 9.59 Å². The molecule has 0 aliphatic heterocycles. The molecule has 24 heavy (non-hydrogen) atoms. The van der Waals surface area contributed by atoms with Gasteiger partial charge in [0, 0.05) is 30.2 Å². The molecule has 2 aromatic carbocycles. The zero-order valence-electron chi connectivity index (χ0n) is 13.6. The Morgan fingerprint density at radius 1 is 1.12 bits per heavy atom. The number of nitrogens with zero attached hydrogens (tertiary/aromatic N) is 1. The molecule has 0 aromatic heterocycles. The van der Waals surface area contributed by atoms with Crippen molar-refractivity contribution in [3.05, 3.63) is 58.6 Å². The third-order valence-corrected chi connectivity index (χ3v) is 4.02. The van der Waals surface area contributed by atoms with Gasteiger partial charge in [0.05, 0.1) is 12.7 Å². The highest BCUT2D eigenvalue weighted by molar-refractivity contribution is 9.10. The minimum Gasteiger partial charge on any atom is -0.496 e. The number of hydrogen-bond acceptors (Lipinski definition) is 3. The molecule has 0 atom stereocenters. The van der Waals surface area contributed by atoms with Gasteiger partial charge in [0.2, 0.25) is 5.91 Å². The van der Waals surface area contributed by atoms with Gasteiger partial charge in [-0.15, -0.1) is 0 Å². The van der Waals surface area contributed by atoms with Gasteiger partial charge in [-0.1, -0.05) is 28.1 Å². The van der Waals surface area contributed by atoms with Crippen LogP contribution in [0.15, 0.2) is 53.0 Å². The first-order chi connectivity index (χ1) is 11.5. The lowest BCUT2D eigenvalue weighted by molar-refractivity contribution is -0.116. The second-order valence-corrected chi connectivity index (χ2v) is 6.02. The maximum Gasteiger partial charge on any atom is 0.255 e. The van der Waals surface area contributed by atoms with Crippen molar-refractivity contribution >= 4 is 33.4 Å². The lowest BCUT2D eigenvalue weighted by Crippen LogP contribution is -2.37. The molecular weight excluding hydrogens is 372 g/mol. The lowest BCUT2D eigenvalue weighted by atomic mass is 10.2. The first-order valence-electron chi connectivity index (χ1n) is 7.48. The van der Waals surface area contributed by atoms with Crippen molar-refractivity contribution in [1.29, 1.82) is 0 Å². The highest BCUT2D eigenvalue weighted by atomic mass is 79.9. The van der Waals surface area contributed by atoms with Gasteiger partial charge >= 0.3 is 0 Å². The van der Waals surface area contributed by atoms with Crippen molar-refractivity contribution in [2.24, 2.45) is 0 Å². The summed E-state index contributed by atoms with van der Waals surface area (Å²) in [7, 11) is 1.52. The Morgan fingerprint density at radius 3 is 2.42 bits per heavy atom. The van der Waals surface area contributed by atoms with Crippen LogP contribution in [0.1, 0.15) is 17.3 Å². The van der Waals surface area contributed by atoms with E-state index in [1.807, 2.05) is 24.3 Å². The van der Waals surface area contributed by atoms with Crippen LogP contribution in [0.5, 0.6) is 5.75 Å². The van der Waals surface area contributed by atoms with Gasteiger partial charge in [-0.25, -0.2) is 0 Å². The molecule has 0 radical (unpaired) electrons. The Bertz CT molecular complexity index is 716. The van der Waals surface area contributed by atoms with Gasteiger partial charge in [0.1, 0.15) is 5.75 Å². The number of hydrogen-bond donors (Lipinski definition) is 1. The summed E-state index contributed by atoms with van der Waals surface area (Å²) in [6.45, 7) is 2.23. The van der Waals surface area contributed by atoms with E-state index in [4.69, 9.17) is 4.74 Å². The molecule has 0 bridgehead atoms. The number of halogens is 1. The Balaban J connectivity index is 1.99. The fourth-order valence-electron chi connectivity index (χ4n) is 2.30. The summed E-state index contributed by atoms with van der Waals surface area (Å²) in [5, 5.41) is 2.82. The number of carbonyl (C=O) groups excluding carboxylic acids is 2. The summed E-state index contributed by atoms with van der Waals surface area (Å²) in [5.41, 5.74) is 1.26. The standard InChI is InChI=1S/C18H19BrN2O3/c1-13(22)21(15-9-7-14(19)8-10-15)12-11-20-18(23)16-5-3-4-6-17(16)24-2/h3-10H,11-12H2,1-2H3,(H,20,23). The van der Waals surface area contributed by atoms with Crippen molar-refractivity contribution in [2.45, 2.75) is 6.92 Å². The quantitative estimate of drug-likeness (QED) is 0.823. The number of para-hydroxylation sites is 1. The topological polar surface area (TPSA) is 58.6 Å². The Labute approximate surface area is 149 Å². The number of methoxy groups -OCH3 is 1. The van der Waals surface area contributed by atoms with Gasteiger partial charge in [-0.05, 0) is 36.4 Å². The Morgan fingerprint density at radius 2 is 1.79 bits per heavy atom. The maximum atomic E-state index is 12.3. The molecule has 0 spiro atoms. The van der Waals surface area contributed by atoms with Crippen molar-refractivity contribution in [1.82, 2.24) is 5.32 Å². The first kappa shape index (κ1) is 18.0. The van der Waals surface area contributed by atoms with E-state index < -0.39 is 0 Å². The van der Waals surface area contributed by atoms with Gasteiger partial charge in [-0.2, -0.15) is 0 Å². The molecule has 5 nitrogen and oxygen atoms in total. The van der Waals surface area contributed by atoms with Crippen molar-refractivity contribution in [3.8, 4) is 5.75 Å². The second kappa shape index (κ2) is 8.49. The fourth-order valence-corrected chi connectivity index (χ4v) is 2.56. The molecule has 0 aliphatic carbocycles. The first-order valence-corrected chi connectivity index (χ1v) is 8.27. The average molecular weight is 391 g/mol. The fraction of sp³-hybridized carbons (Fsp3) is 0.222. The van der Waals surface area contributed by atoms with E-state index in [1.54, 1.807) is 29.2 Å². The van der Waals surface area contributed by atoms with Crippen molar-refractivity contribution in [3.63, 3.8) is 0 Å². The van der Waals surface area contributed by atoms with E-state index >= 15 is 0 Å². The number of anilines is 1. The van der Waals surface area contributed by atoms with E-state index in [0.717, 1.165) is 10.2 Å². The third kappa shape index (κ3) is 4.58. The normalized spacial score (nSPS) is 10.1. The Kier molecular flexibility index (Phi) is 6.37. The number of benzene rings is 2. The molecule has 0 aliphatic rings. The van der Waals surface area contributed by atoms with E-state index in [-0.39, 0.29) is 11.8 Å². The molecule has 2 aromatic rings. The van der Waals surface area contributed by atoms with Crippen LogP contribution in [0, 0.1) is 0 Å². The van der Waals surface area contributed by atoms with Crippen LogP contribution in [0.4, 0.5) is 5.69 Å². The minimum absolute atomic E-state index is 0.0798. The number of ether oxygens (including phenoxy) is 1. The predicted octanol–water partition coefficient (Wildman–Crippen LogP) is 3.24. The number of carbonyl (C=O) groups is 2. The van der Waals surface area contributed by atoms with E-state index in [2.05, 4.69) is 21.2 Å². The van der Waals surface area contributed by atoms with Gasteiger partial charge in [0.15, 0.2) is 0 Å². The summed E-state index contributed by atoms with van der Waals surface area (Å²) in [6, 6.07) is 14.5. The van der Waals surface area contributed by atoms with Gasteiger partial charge in [-0.3, -0.25) is 9.59 Å². The van der Waals surface area contributed by atoms with Crippen LogP contribution in [-0.2, 0) is 4.79 Å². The van der Waals surface area contributed by atoms with Crippen LogP contribution in [-0.4, -0.2) is 32.0 Å². The van der Waals surface area contributed by atoms with Crippen LogP contribution in [0.25, 0.3) is 0 Å². The lowest BCUT2D eigenvalue weighted by Gasteiger charge is -2.21. The monoisotopic (exact) mass is 390 g/mol. The van der Waals surface area contributed by atoms with E-state index in [1.165, 1.54) is 14.0 Å². The smallest absolute Gasteiger partial charge is 0.255 e. The van der Waals surface area contributed by atoms with Crippen molar-refractivity contribution in [2.75, 3.05) is 25.1 Å². The number of nitrogens with one attached hydrogen (secondary N) is 1. The van der Waals surface area contributed by atoms with Crippen LogP contribution >= 0.6 is 15.9 Å². The number of amides is 2. The largest absolute Gasteiger partial charge is 0.496 e. The highest BCUT2D eigenvalue weighted by Crippen LogP contribution is 2.19. The Hall–Kier alpha value is -2.34. The summed E-state index contributed by atoms with van der Waals surface area (Å²) in [6.07, 6.45) is 0. The van der Waals surface area contributed by atoms with Crippen LogP contribution < -0.4 is 15.0 Å². The molecule has 0 unspecified atom stereocenters. The molecule has 0 saturated carbocycles. The number of rotatable bonds is 6. The minimum atomic E-state index is -0.230. The van der Waals surface area contributed by atoms with Gasteiger partial charge < -0.3 is 15.0 Å². The van der Waals surface area contributed by atoms with Crippen LogP contribution in [0.3, 0.4) is 0 Å². The van der Waals surface area contributed by atoms with Crippen LogP contribution in [0.2, 0.25) is 0 Å². The van der Waals surface area contributed by atoms with Gasteiger partial charge in [0.25, 0.3) is 5.91 Å². The molecule has 126 valence electrons. The molecule has 6 heteroatoms.